The van der Waals surface area contributed by atoms with Crippen LogP contribution in [0.15, 0.2) is 42.7 Å². The van der Waals surface area contributed by atoms with Gasteiger partial charge in [-0.2, -0.15) is 0 Å². The molecule has 102 valence electrons. The zero-order chi connectivity index (χ0) is 14.1. The molecule has 0 radical (unpaired) electrons. The Bertz CT molecular complexity index is 642. The average Bonchev–Trinajstić information content (AvgIpc) is 2.82. The fourth-order valence-electron chi connectivity index (χ4n) is 2.36. The quantitative estimate of drug-likeness (QED) is 0.842. The van der Waals surface area contributed by atoms with Crippen molar-refractivity contribution in [3.05, 3.63) is 54.1 Å². The van der Waals surface area contributed by atoms with Gasteiger partial charge in [-0.1, -0.05) is 0 Å². The van der Waals surface area contributed by atoms with Crippen molar-refractivity contribution in [3.8, 4) is 0 Å². The number of pyridine rings is 1. The molecule has 1 aliphatic heterocycles. The summed E-state index contributed by atoms with van der Waals surface area (Å²) in [4.78, 5) is 19.9. The van der Waals surface area contributed by atoms with Gasteiger partial charge in [0.15, 0.2) is 0 Å². The normalized spacial score (nSPS) is 15.0. The van der Waals surface area contributed by atoms with Crippen LogP contribution in [0.25, 0.3) is 0 Å². The van der Waals surface area contributed by atoms with Crippen LogP contribution in [0.2, 0.25) is 0 Å². The van der Waals surface area contributed by atoms with Gasteiger partial charge in [-0.25, -0.2) is 9.18 Å². The van der Waals surface area contributed by atoms with E-state index in [-0.39, 0.29) is 11.8 Å². The number of carbonyl (C=O) groups excluding carboxylic acids is 1. The molecule has 4 nitrogen and oxygen atoms in total. The Morgan fingerprint density at radius 2 is 1.80 bits per heavy atom. The molecule has 0 atom stereocenters. The fourth-order valence-corrected chi connectivity index (χ4v) is 2.36. The third-order valence-corrected chi connectivity index (χ3v) is 3.45. The molecule has 1 aromatic heterocycles. The van der Waals surface area contributed by atoms with E-state index >= 15 is 0 Å². The van der Waals surface area contributed by atoms with Gasteiger partial charge in [0.1, 0.15) is 5.82 Å². The molecular weight excluding hydrogens is 257 g/mol. The largest absolute Gasteiger partial charge is 0.329 e. The Balaban J connectivity index is 1.88. The summed E-state index contributed by atoms with van der Waals surface area (Å²) in [5, 5.41) is 0. The van der Waals surface area contributed by atoms with Crippen LogP contribution in [0, 0.1) is 12.7 Å². The van der Waals surface area contributed by atoms with E-state index in [0.717, 1.165) is 11.3 Å². The third kappa shape index (κ3) is 2.11. The van der Waals surface area contributed by atoms with Gasteiger partial charge < -0.3 is 0 Å². The molecule has 0 bridgehead atoms. The summed E-state index contributed by atoms with van der Waals surface area (Å²) in [5.74, 6) is -0.305. The average molecular weight is 271 g/mol. The predicted molar refractivity (Wildman–Crippen MR) is 75.5 cm³/mol. The lowest BCUT2D eigenvalue weighted by Crippen LogP contribution is -2.32. The maximum absolute atomic E-state index is 12.9. The summed E-state index contributed by atoms with van der Waals surface area (Å²) >= 11 is 0. The summed E-state index contributed by atoms with van der Waals surface area (Å²) in [6.45, 7) is 3.13. The van der Waals surface area contributed by atoms with Crippen molar-refractivity contribution in [1.82, 2.24) is 4.98 Å². The lowest BCUT2D eigenvalue weighted by atomic mass is 10.2. The number of aromatic nitrogens is 1. The number of carbonyl (C=O) groups is 1. The van der Waals surface area contributed by atoms with Crippen LogP contribution in [0.5, 0.6) is 0 Å². The van der Waals surface area contributed by atoms with Crippen LogP contribution in [0.1, 0.15) is 5.56 Å². The van der Waals surface area contributed by atoms with Crippen LogP contribution in [-0.4, -0.2) is 24.1 Å². The van der Waals surface area contributed by atoms with Crippen LogP contribution < -0.4 is 9.80 Å². The summed E-state index contributed by atoms with van der Waals surface area (Å²) in [7, 11) is 0. The monoisotopic (exact) mass is 271 g/mol. The minimum absolute atomic E-state index is 0.104. The first-order valence-corrected chi connectivity index (χ1v) is 6.42. The van der Waals surface area contributed by atoms with Crippen LogP contribution in [-0.2, 0) is 0 Å². The lowest BCUT2D eigenvalue weighted by Gasteiger charge is -2.19. The number of benzene rings is 1. The van der Waals surface area contributed by atoms with Crippen LogP contribution in [0.4, 0.5) is 20.6 Å². The number of aryl methyl sites for hydroxylation is 1. The highest BCUT2D eigenvalue weighted by Gasteiger charge is 2.31. The van der Waals surface area contributed by atoms with Gasteiger partial charge in [0.2, 0.25) is 0 Å². The number of rotatable bonds is 2. The number of amides is 2. The highest BCUT2D eigenvalue weighted by Crippen LogP contribution is 2.26. The number of urea groups is 1. The molecule has 2 heterocycles. The van der Waals surface area contributed by atoms with Crippen molar-refractivity contribution in [2.24, 2.45) is 0 Å². The first-order chi connectivity index (χ1) is 9.66. The van der Waals surface area contributed by atoms with E-state index in [2.05, 4.69) is 4.98 Å². The number of anilines is 2. The summed E-state index contributed by atoms with van der Waals surface area (Å²) in [6, 6.07) is 7.73. The van der Waals surface area contributed by atoms with Crippen molar-refractivity contribution in [2.75, 3.05) is 22.9 Å². The lowest BCUT2D eigenvalue weighted by molar-refractivity contribution is 0.256. The molecule has 3 rings (SSSR count). The second-order valence-corrected chi connectivity index (χ2v) is 4.72. The Kier molecular flexibility index (Phi) is 3.10. The highest BCUT2D eigenvalue weighted by molar-refractivity contribution is 6.06. The van der Waals surface area contributed by atoms with Crippen LogP contribution >= 0.6 is 0 Å². The van der Waals surface area contributed by atoms with Crippen molar-refractivity contribution in [1.29, 1.82) is 0 Å². The first kappa shape index (κ1) is 12.6. The van der Waals surface area contributed by atoms with Crippen molar-refractivity contribution in [3.63, 3.8) is 0 Å². The Hall–Kier alpha value is -2.43. The zero-order valence-electron chi connectivity index (χ0n) is 11.1. The zero-order valence-corrected chi connectivity index (χ0v) is 11.1. The van der Waals surface area contributed by atoms with E-state index in [1.165, 1.54) is 12.1 Å². The molecular formula is C15H14FN3O. The van der Waals surface area contributed by atoms with Crippen molar-refractivity contribution >= 4 is 17.4 Å². The minimum Gasteiger partial charge on any atom is -0.292 e. The minimum atomic E-state index is -0.305. The maximum Gasteiger partial charge on any atom is 0.329 e. The first-order valence-electron chi connectivity index (χ1n) is 6.42. The molecule has 0 saturated carbocycles. The molecule has 1 saturated heterocycles. The third-order valence-electron chi connectivity index (χ3n) is 3.45. The molecule has 0 aliphatic carbocycles. The molecule has 5 heteroatoms. The van der Waals surface area contributed by atoms with Crippen LogP contribution in [0.3, 0.4) is 0 Å². The molecule has 20 heavy (non-hydrogen) atoms. The van der Waals surface area contributed by atoms with E-state index in [0.29, 0.717) is 18.8 Å². The Morgan fingerprint density at radius 3 is 2.50 bits per heavy atom. The molecule has 0 spiro atoms. The SMILES string of the molecule is Cc1ccncc1N1CCN(c2ccc(F)cc2)C1=O. The number of nitrogens with zero attached hydrogens (tertiary/aromatic N) is 3. The number of hydrogen-bond donors (Lipinski definition) is 0. The molecule has 1 aliphatic rings. The Labute approximate surface area is 116 Å². The molecule has 0 unspecified atom stereocenters. The Morgan fingerprint density at radius 1 is 1.10 bits per heavy atom. The van der Waals surface area contributed by atoms with Gasteiger partial charge >= 0.3 is 6.03 Å². The van der Waals surface area contributed by atoms with E-state index in [1.807, 2.05) is 13.0 Å². The van der Waals surface area contributed by atoms with Gasteiger partial charge in [0.25, 0.3) is 0 Å². The van der Waals surface area contributed by atoms with E-state index < -0.39 is 0 Å². The molecule has 2 aromatic rings. The molecule has 1 fully saturated rings. The summed E-state index contributed by atoms with van der Waals surface area (Å²) < 4.78 is 12.9. The van der Waals surface area contributed by atoms with Gasteiger partial charge in [-0.05, 0) is 42.8 Å². The van der Waals surface area contributed by atoms with Crippen molar-refractivity contribution < 1.29 is 9.18 Å². The number of halogens is 1. The van der Waals surface area contributed by atoms with Gasteiger partial charge in [-0.15, -0.1) is 0 Å². The van der Waals surface area contributed by atoms with E-state index in [1.54, 1.807) is 34.3 Å². The fraction of sp³-hybridized carbons (Fsp3) is 0.200. The van der Waals surface area contributed by atoms with E-state index in [4.69, 9.17) is 0 Å². The van der Waals surface area contributed by atoms with Gasteiger partial charge in [0.05, 0.1) is 11.9 Å². The topological polar surface area (TPSA) is 36.4 Å². The standard InChI is InChI=1S/C15H14FN3O/c1-11-6-7-17-10-14(11)19-9-8-18(15(19)20)13-4-2-12(16)3-5-13/h2-7,10H,8-9H2,1H3. The summed E-state index contributed by atoms with van der Waals surface area (Å²) in [6.07, 6.45) is 3.40. The highest BCUT2D eigenvalue weighted by atomic mass is 19.1. The summed E-state index contributed by atoms with van der Waals surface area (Å²) in [5.41, 5.74) is 2.54. The van der Waals surface area contributed by atoms with Gasteiger partial charge in [0, 0.05) is 25.0 Å². The smallest absolute Gasteiger partial charge is 0.292 e. The predicted octanol–water partition coefficient (Wildman–Crippen LogP) is 2.98. The van der Waals surface area contributed by atoms with E-state index in [9.17, 15) is 9.18 Å². The van der Waals surface area contributed by atoms with Gasteiger partial charge in [-0.3, -0.25) is 14.8 Å². The number of hydrogen-bond acceptors (Lipinski definition) is 2. The molecule has 0 N–H and O–H groups in total. The second kappa shape index (κ2) is 4.92. The molecule has 2 amide bonds. The van der Waals surface area contributed by atoms with Crippen molar-refractivity contribution in [2.45, 2.75) is 6.92 Å². The molecule has 1 aromatic carbocycles. The maximum atomic E-state index is 12.9. The second-order valence-electron chi connectivity index (χ2n) is 4.72.